The van der Waals surface area contributed by atoms with Gasteiger partial charge in [0, 0.05) is 11.3 Å². The van der Waals surface area contributed by atoms with Crippen LogP contribution in [0.3, 0.4) is 0 Å². The fourth-order valence-electron chi connectivity index (χ4n) is 3.51. The maximum atomic E-state index is 12.6. The number of nitrogens with one attached hydrogen (secondary N) is 2. The first-order valence-corrected chi connectivity index (χ1v) is 11.0. The van der Waals surface area contributed by atoms with E-state index in [2.05, 4.69) is 15.8 Å². The number of hydrazone groups is 1. The highest BCUT2D eigenvalue weighted by Crippen LogP contribution is 2.27. The van der Waals surface area contributed by atoms with E-state index in [-0.39, 0.29) is 18.4 Å². The zero-order valence-corrected chi connectivity index (χ0v) is 19.4. The molecule has 7 nitrogen and oxygen atoms in total. The quantitative estimate of drug-likeness (QED) is 0.284. The van der Waals surface area contributed by atoms with Crippen LogP contribution in [0.4, 0.5) is 5.69 Å². The van der Waals surface area contributed by atoms with E-state index >= 15 is 0 Å². The first kappa shape index (κ1) is 23.5. The average molecular weight is 468 g/mol. The molecule has 7 heteroatoms. The molecule has 0 radical (unpaired) electrons. The van der Waals surface area contributed by atoms with Crippen molar-refractivity contribution in [2.45, 2.75) is 6.92 Å². The molecule has 0 bridgehead atoms. The topological polar surface area (TPSA) is 89.0 Å². The summed E-state index contributed by atoms with van der Waals surface area (Å²) in [4.78, 5) is 24.8. The van der Waals surface area contributed by atoms with Gasteiger partial charge in [0.1, 0.15) is 0 Å². The minimum atomic E-state index is -0.301. The molecule has 2 amide bonds. The van der Waals surface area contributed by atoms with Crippen molar-refractivity contribution in [3.05, 3.63) is 102 Å². The summed E-state index contributed by atoms with van der Waals surface area (Å²) in [7, 11) is 1.51. The van der Waals surface area contributed by atoms with Gasteiger partial charge in [-0.1, -0.05) is 54.1 Å². The van der Waals surface area contributed by atoms with Crippen LogP contribution in [0.15, 0.2) is 90.0 Å². The van der Waals surface area contributed by atoms with Crippen LogP contribution in [0.1, 0.15) is 21.5 Å². The zero-order valence-electron chi connectivity index (χ0n) is 19.4. The molecule has 4 rings (SSSR count). The molecule has 4 aromatic carbocycles. The summed E-state index contributed by atoms with van der Waals surface area (Å²) >= 11 is 0. The number of benzene rings is 4. The van der Waals surface area contributed by atoms with Crippen LogP contribution < -0.4 is 20.2 Å². The Morgan fingerprint density at radius 1 is 0.914 bits per heavy atom. The predicted molar refractivity (Wildman–Crippen MR) is 137 cm³/mol. The van der Waals surface area contributed by atoms with Crippen molar-refractivity contribution >= 4 is 34.5 Å². The number of nitrogens with zero attached hydrogens (tertiary/aromatic N) is 1. The number of hydrogen-bond acceptors (Lipinski definition) is 5. The minimum absolute atomic E-state index is 0.168. The van der Waals surface area contributed by atoms with E-state index in [1.165, 1.54) is 13.3 Å². The fourth-order valence-corrected chi connectivity index (χ4v) is 3.51. The standard InChI is InChI=1S/C28H25N3O4/c1-19-10-13-22(14-11-19)30-27(32)18-35-25-15-12-20(16-26(25)34-2)17-29-31-28(33)24-9-5-7-21-6-3-4-8-23(21)24/h3-17H,18H2,1-2H3,(H,30,32)(H,31,33)/b29-17+. The van der Waals surface area contributed by atoms with Gasteiger partial charge in [-0.3, -0.25) is 9.59 Å². The Morgan fingerprint density at radius 2 is 1.69 bits per heavy atom. The second kappa shape index (κ2) is 11.0. The summed E-state index contributed by atoms with van der Waals surface area (Å²) < 4.78 is 11.0. The largest absolute Gasteiger partial charge is 0.493 e. The van der Waals surface area contributed by atoms with Gasteiger partial charge >= 0.3 is 0 Å². The molecule has 176 valence electrons. The monoisotopic (exact) mass is 467 g/mol. The molecule has 0 aromatic heterocycles. The molecular weight excluding hydrogens is 442 g/mol. The third-order valence-corrected chi connectivity index (χ3v) is 5.30. The lowest BCUT2D eigenvalue weighted by atomic mass is 10.0. The third kappa shape index (κ3) is 6.03. The van der Waals surface area contributed by atoms with Gasteiger partial charge in [0.05, 0.1) is 13.3 Å². The fraction of sp³-hybridized carbons (Fsp3) is 0.107. The first-order valence-electron chi connectivity index (χ1n) is 11.0. The SMILES string of the molecule is COc1cc(/C=N/NC(=O)c2cccc3ccccc23)ccc1OCC(=O)Nc1ccc(C)cc1. The molecule has 0 unspecified atom stereocenters. The predicted octanol–water partition coefficient (Wildman–Crippen LogP) is 4.94. The van der Waals surface area contributed by atoms with Crippen molar-refractivity contribution in [1.29, 1.82) is 0 Å². The van der Waals surface area contributed by atoms with E-state index in [4.69, 9.17) is 9.47 Å². The number of carbonyl (C=O) groups excluding carboxylic acids is 2. The number of ether oxygens (including phenoxy) is 2. The van der Waals surface area contributed by atoms with Gasteiger partial charge in [-0.2, -0.15) is 5.10 Å². The number of fused-ring (bicyclic) bond motifs is 1. The van der Waals surface area contributed by atoms with Gasteiger partial charge in [0.15, 0.2) is 18.1 Å². The van der Waals surface area contributed by atoms with Gasteiger partial charge in [-0.25, -0.2) is 5.43 Å². The van der Waals surface area contributed by atoms with E-state index in [1.807, 2.05) is 67.6 Å². The molecule has 0 aliphatic carbocycles. The molecule has 4 aromatic rings. The van der Waals surface area contributed by atoms with Gasteiger partial charge in [-0.15, -0.1) is 0 Å². The van der Waals surface area contributed by atoms with Crippen molar-refractivity contribution in [2.24, 2.45) is 5.10 Å². The molecule has 0 fully saturated rings. The van der Waals surface area contributed by atoms with Crippen molar-refractivity contribution in [3.63, 3.8) is 0 Å². The summed E-state index contributed by atoms with van der Waals surface area (Å²) in [6.07, 6.45) is 1.51. The summed E-state index contributed by atoms with van der Waals surface area (Å²) in [5.74, 6) is 0.281. The molecule has 2 N–H and O–H groups in total. The van der Waals surface area contributed by atoms with Crippen LogP contribution >= 0.6 is 0 Å². The van der Waals surface area contributed by atoms with Crippen molar-refractivity contribution in [3.8, 4) is 11.5 Å². The highest BCUT2D eigenvalue weighted by atomic mass is 16.5. The lowest BCUT2D eigenvalue weighted by molar-refractivity contribution is -0.118. The molecule has 0 saturated heterocycles. The number of anilines is 1. The average Bonchev–Trinajstić information content (AvgIpc) is 2.88. The van der Waals surface area contributed by atoms with Crippen LogP contribution in [0.25, 0.3) is 10.8 Å². The number of methoxy groups -OCH3 is 1. The molecule has 0 aliphatic heterocycles. The highest BCUT2D eigenvalue weighted by molar-refractivity contribution is 6.07. The number of carbonyl (C=O) groups is 2. The van der Waals surface area contributed by atoms with Crippen molar-refractivity contribution in [1.82, 2.24) is 5.43 Å². The van der Waals surface area contributed by atoms with Gasteiger partial charge in [0.25, 0.3) is 11.8 Å². The van der Waals surface area contributed by atoms with E-state index < -0.39 is 0 Å². The Balaban J connectivity index is 1.36. The molecule has 0 heterocycles. The number of amides is 2. The highest BCUT2D eigenvalue weighted by Gasteiger charge is 2.10. The Bertz CT molecular complexity index is 1380. The lowest BCUT2D eigenvalue weighted by Gasteiger charge is -2.11. The minimum Gasteiger partial charge on any atom is -0.493 e. The van der Waals surface area contributed by atoms with Crippen LogP contribution in [0, 0.1) is 6.92 Å². The van der Waals surface area contributed by atoms with E-state index in [1.54, 1.807) is 24.3 Å². The summed E-state index contributed by atoms with van der Waals surface area (Å²) in [5, 5.41) is 8.70. The lowest BCUT2D eigenvalue weighted by Crippen LogP contribution is -2.20. The third-order valence-electron chi connectivity index (χ3n) is 5.30. The van der Waals surface area contributed by atoms with E-state index in [9.17, 15) is 9.59 Å². The van der Waals surface area contributed by atoms with E-state index in [0.29, 0.717) is 28.3 Å². The second-order valence-electron chi connectivity index (χ2n) is 7.84. The Hall–Kier alpha value is -4.65. The molecule has 35 heavy (non-hydrogen) atoms. The number of aryl methyl sites for hydroxylation is 1. The van der Waals surface area contributed by atoms with Crippen molar-refractivity contribution in [2.75, 3.05) is 19.0 Å². The number of rotatable bonds is 8. The molecular formula is C28H25N3O4. The summed E-state index contributed by atoms with van der Waals surface area (Å²) in [5.41, 5.74) is 5.62. The smallest absolute Gasteiger partial charge is 0.271 e. The van der Waals surface area contributed by atoms with Crippen LogP contribution in [0.5, 0.6) is 11.5 Å². The summed E-state index contributed by atoms with van der Waals surface area (Å²) in [6.45, 7) is 1.81. The van der Waals surface area contributed by atoms with Crippen LogP contribution in [-0.4, -0.2) is 31.7 Å². The van der Waals surface area contributed by atoms with E-state index in [0.717, 1.165) is 16.3 Å². The molecule has 0 aliphatic rings. The van der Waals surface area contributed by atoms with Crippen molar-refractivity contribution < 1.29 is 19.1 Å². The number of hydrogen-bond donors (Lipinski definition) is 2. The normalized spacial score (nSPS) is 10.8. The summed E-state index contributed by atoms with van der Waals surface area (Å²) in [6, 6.07) is 25.9. The molecule has 0 saturated carbocycles. The van der Waals surface area contributed by atoms with Gasteiger partial charge in [0.2, 0.25) is 0 Å². The zero-order chi connectivity index (χ0) is 24.6. The second-order valence-corrected chi connectivity index (χ2v) is 7.84. The maximum absolute atomic E-state index is 12.6. The molecule has 0 spiro atoms. The van der Waals surface area contributed by atoms with Crippen LogP contribution in [-0.2, 0) is 4.79 Å². The molecule has 0 atom stereocenters. The maximum Gasteiger partial charge on any atom is 0.271 e. The van der Waals surface area contributed by atoms with Gasteiger partial charge in [-0.05, 0) is 59.7 Å². The Kier molecular flexibility index (Phi) is 7.37. The Labute approximate surface area is 203 Å². The van der Waals surface area contributed by atoms with Crippen LogP contribution in [0.2, 0.25) is 0 Å². The Morgan fingerprint density at radius 3 is 2.49 bits per heavy atom. The first-order chi connectivity index (χ1) is 17.0. The van der Waals surface area contributed by atoms with Gasteiger partial charge < -0.3 is 14.8 Å².